The van der Waals surface area contributed by atoms with Crippen LogP contribution in [0.5, 0.6) is 11.5 Å². The summed E-state index contributed by atoms with van der Waals surface area (Å²) in [7, 11) is 0. The standard InChI is InChI=1S/C16H23NO3/c1-3-4-5-6-12(2)17-16(18)13-7-8-14-15(11-13)20-10-9-19-14/h7-8,11-12H,3-6,9-10H2,1-2H3,(H,17,18). The summed E-state index contributed by atoms with van der Waals surface area (Å²) >= 11 is 0. The molecule has 4 nitrogen and oxygen atoms in total. The Balaban J connectivity index is 1.92. The van der Waals surface area contributed by atoms with Gasteiger partial charge in [-0.15, -0.1) is 0 Å². The average Bonchev–Trinajstić information content (AvgIpc) is 2.47. The fourth-order valence-electron chi connectivity index (χ4n) is 2.26. The molecule has 1 aliphatic rings. The zero-order valence-corrected chi connectivity index (χ0v) is 12.3. The number of carbonyl (C=O) groups is 1. The second kappa shape index (κ2) is 7.17. The molecule has 1 N–H and O–H groups in total. The summed E-state index contributed by atoms with van der Waals surface area (Å²) in [6.45, 7) is 5.32. The predicted octanol–water partition coefficient (Wildman–Crippen LogP) is 3.16. The molecule has 1 aliphatic heterocycles. The smallest absolute Gasteiger partial charge is 0.251 e. The highest BCUT2D eigenvalue weighted by molar-refractivity contribution is 5.95. The van der Waals surface area contributed by atoms with Crippen molar-refractivity contribution in [3.05, 3.63) is 23.8 Å². The van der Waals surface area contributed by atoms with Gasteiger partial charge in [0.2, 0.25) is 0 Å². The molecule has 4 heteroatoms. The molecule has 0 radical (unpaired) electrons. The number of ether oxygens (including phenoxy) is 2. The van der Waals surface area contributed by atoms with Crippen molar-refractivity contribution in [2.24, 2.45) is 0 Å². The van der Waals surface area contributed by atoms with Crippen LogP contribution in [0, 0.1) is 0 Å². The van der Waals surface area contributed by atoms with Gasteiger partial charge in [-0.1, -0.05) is 26.2 Å². The Hall–Kier alpha value is -1.71. The van der Waals surface area contributed by atoms with Gasteiger partial charge in [0.15, 0.2) is 11.5 Å². The number of amides is 1. The molecule has 0 bridgehead atoms. The van der Waals surface area contributed by atoms with Crippen molar-refractivity contribution in [2.75, 3.05) is 13.2 Å². The van der Waals surface area contributed by atoms with Gasteiger partial charge in [0, 0.05) is 11.6 Å². The zero-order valence-electron chi connectivity index (χ0n) is 12.3. The molecule has 1 aromatic rings. The van der Waals surface area contributed by atoms with Crippen molar-refractivity contribution in [3.8, 4) is 11.5 Å². The summed E-state index contributed by atoms with van der Waals surface area (Å²) in [5.74, 6) is 1.32. The number of hydrogen-bond donors (Lipinski definition) is 1. The van der Waals surface area contributed by atoms with Crippen LogP contribution in [0.15, 0.2) is 18.2 Å². The first-order valence-electron chi connectivity index (χ1n) is 7.41. The molecule has 1 unspecified atom stereocenters. The molecule has 0 aromatic heterocycles. The Morgan fingerprint density at radius 1 is 1.25 bits per heavy atom. The first-order valence-corrected chi connectivity index (χ1v) is 7.41. The molecule has 20 heavy (non-hydrogen) atoms. The van der Waals surface area contributed by atoms with Crippen LogP contribution in [-0.2, 0) is 0 Å². The second-order valence-electron chi connectivity index (χ2n) is 5.23. The van der Waals surface area contributed by atoms with Crippen LogP contribution in [0.3, 0.4) is 0 Å². The van der Waals surface area contributed by atoms with Crippen LogP contribution >= 0.6 is 0 Å². The van der Waals surface area contributed by atoms with Gasteiger partial charge in [0.05, 0.1) is 0 Å². The summed E-state index contributed by atoms with van der Waals surface area (Å²) in [5.41, 5.74) is 0.622. The van der Waals surface area contributed by atoms with Gasteiger partial charge in [-0.3, -0.25) is 4.79 Å². The molecular formula is C16H23NO3. The van der Waals surface area contributed by atoms with E-state index in [1.165, 1.54) is 12.8 Å². The molecule has 0 aliphatic carbocycles. The molecule has 0 saturated carbocycles. The highest BCUT2D eigenvalue weighted by Crippen LogP contribution is 2.30. The van der Waals surface area contributed by atoms with E-state index in [-0.39, 0.29) is 11.9 Å². The van der Waals surface area contributed by atoms with Gasteiger partial charge in [0.25, 0.3) is 5.91 Å². The number of benzene rings is 1. The van der Waals surface area contributed by atoms with Crippen LogP contribution < -0.4 is 14.8 Å². The Labute approximate surface area is 120 Å². The average molecular weight is 277 g/mol. The van der Waals surface area contributed by atoms with Crippen molar-refractivity contribution in [2.45, 2.75) is 45.6 Å². The summed E-state index contributed by atoms with van der Waals surface area (Å²) in [4.78, 5) is 12.2. The largest absolute Gasteiger partial charge is 0.486 e. The summed E-state index contributed by atoms with van der Waals surface area (Å²) in [6.07, 6.45) is 4.58. The van der Waals surface area contributed by atoms with Gasteiger partial charge in [0.1, 0.15) is 13.2 Å². The molecular weight excluding hydrogens is 254 g/mol. The maximum Gasteiger partial charge on any atom is 0.251 e. The van der Waals surface area contributed by atoms with Crippen molar-refractivity contribution in [3.63, 3.8) is 0 Å². The first kappa shape index (κ1) is 14.7. The lowest BCUT2D eigenvalue weighted by atomic mass is 10.1. The normalized spacial score (nSPS) is 14.7. The number of nitrogens with one attached hydrogen (secondary N) is 1. The number of hydrogen-bond acceptors (Lipinski definition) is 3. The van der Waals surface area contributed by atoms with Gasteiger partial charge < -0.3 is 14.8 Å². The van der Waals surface area contributed by atoms with Crippen molar-refractivity contribution >= 4 is 5.91 Å². The fourth-order valence-corrected chi connectivity index (χ4v) is 2.26. The molecule has 1 heterocycles. The Bertz CT molecular complexity index is 459. The highest BCUT2D eigenvalue weighted by Gasteiger charge is 2.15. The lowest BCUT2D eigenvalue weighted by Crippen LogP contribution is -2.32. The van der Waals surface area contributed by atoms with Gasteiger partial charge in [-0.25, -0.2) is 0 Å². The Morgan fingerprint density at radius 3 is 2.75 bits per heavy atom. The van der Waals surface area contributed by atoms with E-state index in [2.05, 4.69) is 12.2 Å². The third-order valence-corrected chi connectivity index (χ3v) is 3.42. The maximum atomic E-state index is 12.2. The Kier molecular flexibility index (Phi) is 5.27. The number of carbonyl (C=O) groups excluding carboxylic acids is 1. The summed E-state index contributed by atoms with van der Waals surface area (Å²) in [6, 6.07) is 5.53. The van der Waals surface area contributed by atoms with Crippen molar-refractivity contribution < 1.29 is 14.3 Å². The molecule has 0 spiro atoms. The summed E-state index contributed by atoms with van der Waals surface area (Å²) in [5, 5.41) is 3.03. The molecule has 1 aromatic carbocycles. The van der Waals surface area contributed by atoms with E-state index in [0.717, 1.165) is 12.8 Å². The quantitative estimate of drug-likeness (QED) is 0.812. The minimum atomic E-state index is -0.0500. The van der Waals surface area contributed by atoms with E-state index in [1.54, 1.807) is 18.2 Å². The van der Waals surface area contributed by atoms with Crippen molar-refractivity contribution in [1.29, 1.82) is 0 Å². The van der Waals surface area contributed by atoms with Gasteiger partial charge >= 0.3 is 0 Å². The molecule has 1 atom stereocenters. The molecule has 2 rings (SSSR count). The van der Waals surface area contributed by atoms with Crippen LogP contribution in [0.25, 0.3) is 0 Å². The van der Waals surface area contributed by atoms with Crippen LogP contribution in [0.1, 0.15) is 49.9 Å². The van der Waals surface area contributed by atoms with E-state index in [4.69, 9.17) is 9.47 Å². The molecule has 0 saturated heterocycles. The maximum absolute atomic E-state index is 12.2. The minimum Gasteiger partial charge on any atom is -0.486 e. The number of rotatable bonds is 6. The van der Waals surface area contributed by atoms with Crippen molar-refractivity contribution in [1.82, 2.24) is 5.32 Å². The van der Waals surface area contributed by atoms with Crippen LogP contribution in [-0.4, -0.2) is 25.2 Å². The van der Waals surface area contributed by atoms with Gasteiger partial charge in [-0.2, -0.15) is 0 Å². The first-order chi connectivity index (χ1) is 9.70. The van der Waals surface area contributed by atoms with E-state index in [0.29, 0.717) is 30.3 Å². The van der Waals surface area contributed by atoms with E-state index in [1.807, 2.05) is 6.92 Å². The third kappa shape index (κ3) is 3.89. The lowest BCUT2D eigenvalue weighted by Gasteiger charge is -2.19. The Morgan fingerprint density at radius 2 is 2.00 bits per heavy atom. The summed E-state index contributed by atoms with van der Waals surface area (Å²) < 4.78 is 10.9. The van der Waals surface area contributed by atoms with Crippen LogP contribution in [0.2, 0.25) is 0 Å². The SMILES string of the molecule is CCCCCC(C)NC(=O)c1ccc2c(c1)OCCO2. The van der Waals surface area contributed by atoms with E-state index in [9.17, 15) is 4.79 Å². The fraction of sp³-hybridized carbons (Fsp3) is 0.562. The molecule has 0 fully saturated rings. The third-order valence-electron chi connectivity index (χ3n) is 3.42. The molecule has 110 valence electrons. The zero-order chi connectivity index (χ0) is 14.4. The lowest BCUT2D eigenvalue weighted by molar-refractivity contribution is 0.0936. The van der Waals surface area contributed by atoms with Crippen LogP contribution in [0.4, 0.5) is 0 Å². The number of unbranched alkanes of at least 4 members (excludes halogenated alkanes) is 2. The minimum absolute atomic E-state index is 0.0500. The molecule has 1 amide bonds. The highest BCUT2D eigenvalue weighted by atomic mass is 16.6. The van der Waals surface area contributed by atoms with E-state index >= 15 is 0 Å². The van der Waals surface area contributed by atoms with E-state index < -0.39 is 0 Å². The monoisotopic (exact) mass is 277 g/mol. The number of fused-ring (bicyclic) bond motifs is 1. The van der Waals surface area contributed by atoms with Gasteiger partial charge in [-0.05, 0) is 31.5 Å². The second-order valence-corrected chi connectivity index (χ2v) is 5.23. The predicted molar refractivity (Wildman–Crippen MR) is 78.5 cm³/mol. The topological polar surface area (TPSA) is 47.6 Å².